The number of benzene rings is 2. The van der Waals surface area contributed by atoms with Gasteiger partial charge in [0, 0.05) is 0 Å². The van der Waals surface area contributed by atoms with Crippen molar-refractivity contribution in [2.45, 2.75) is 13.1 Å². The Bertz CT molecular complexity index is 749. The van der Waals surface area contributed by atoms with Gasteiger partial charge < -0.3 is 9.84 Å². The monoisotopic (exact) mass is 358 g/mol. The van der Waals surface area contributed by atoms with Crippen molar-refractivity contribution in [2.24, 2.45) is 5.10 Å². The summed E-state index contributed by atoms with van der Waals surface area (Å²) in [4.78, 5) is 0. The molecule has 0 saturated carbocycles. The van der Waals surface area contributed by atoms with Crippen molar-refractivity contribution in [2.75, 3.05) is 12.0 Å². The molecule has 0 bridgehead atoms. The van der Waals surface area contributed by atoms with Crippen molar-refractivity contribution in [3.8, 4) is 11.5 Å². The van der Waals surface area contributed by atoms with Crippen LogP contribution in [0.5, 0.6) is 11.5 Å². The highest BCUT2D eigenvalue weighted by atomic mass is 35.5. The van der Waals surface area contributed by atoms with Gasteiger partial charge in [-0.05, 0) is 48.9 Å². The summed E-state index contributed by atoms with van der Waals surface area (Å²) >= 11 is 5.86. The Morgan fingerprint density at radius 2 is 2.00 bits per heavy atom. The molecule has 2 N–H and O–H groups in total. The highest BCUT2D eigenvalue weighted by Crippen LogP contribution is 2.33. The predicted molar refractivity (Wildman–Crippen MR) is 86.9 cm³/mol. The second-order valence-electron chi connectivity index (χ2n) is 4.72. The van der Waals surface area contributed by atoms with Gasteiger partial charge in [-0.2, -0.15) is 18.3 Å². The largest absolute Gasteiger partial charge is 0.504 e. The zero-order chi connectivity index (χ0) is 17.7. The van der Waals surface area contributed by atoms with E-state index in [0.717, 1.165) is 18.2 Å². The summed E-state index contributed by atoms with van der Waals surface area (Å²) in [6, 6.07) is 7.49. The lowest BCUT2D eigenvalue weighted by Crippen LogP contribution is -2.05. The van der Waals surface area contributed by atoms with E-state index in [4.69, 9.17) is 16.3 Å². The first-order chi connectivity index (χ1) is 11.3. The smallest absolute Gasteiger partial charge is 0.416 e. The van der Waals surface area contributed by atoms with Crippen LogP contribution in [0.4, 0.5) is 18.9 Å². The average molecular weight is 359 g/mol. The van der Waals surface area contributed by atoms with E-state index < -0.39 is 11.7 Å². The standard InChI is InChI=1S/C16H14ClF3N2O2/c1-2-24-15-7-10(3-6-14(15)23)9-21-22-13-8-11(16(18,19)20)4-5-12(13)17/h3-9,22-23H,2H2,1H3/b21-9+. The van der Waals surface area contributed by atoms with Crippen LogP contribution in [-0.4, -0.2) is 17.9 Å². The van der Waals surface area contributed by atoms with Gasteiger partial charge in [0.05, 0.1) is 29.1 Å². The molecule has 0 aliphatic carbocycles. The first kappa shape index (κ1) is 17.9. The number of anilines is 1. The molecule has 0 saturated heterocycles. The summed E-state index contributed by atoms with van der Waals surface area (Å²) in [5, 5.41) is 13.6. The average Bonchev–Trinajstić information content (AvgIpc) is 2.51. The quantitative estimate of drug-likeness (QED) is 0.590. The second-order valence-corrected chi connectivity index (χ2v) is 5.13. The van der Waals surface area contributed by atoms with E-state index in [2.05, 4.69) is 10.5 Å². The van der Waals surface area contributed by atoms with Gasteiger partial charge >= 0.3 is 6.18 Å². The molecule has 2 aromatic carbocycles. The van der Waals surface area contributed by atoms with E-state index in [9.17, 15) is 18.3 Å². The molecular formula is C16H14ClF3N2O2. The van der Waals surface area contributed by atoms with Crippen LogP contribution in [-0.2, 0) is 6.18 Å². The zero-order valence-electron chi connectivity index (χ0n) is 12.6. The highest BCUT2D eigenvalue weighted by Gasteiger charge is 2.30. The normalized spacial score (nSPS) is 11.7. The van der Waals surface area contributed by atoms with Gasteiger partial charge in [0.25, 0.3) is 0 Å². The summed E-state index contributed by atoms with van der Waals surface area (Å²) < 4.78 is 43.3. The molecule has 0 spiro atoms. The van der Waals surface area contributed by atoms with Crippen molar-refractivity contribution < 1.29 is 23.0 Å². The molecule has 4 nitrogen and oxygen atoms in total. The number of nitrogens with zero attached hydrogens (tertiary/aromatic N) is 1. The topological polar surface area (TPSA) is 53.8 Å². The van der Waals surface area contributed by atoms with E-state index in [1.54, 1.807) is 19.1 Å². The van der Waals surface area contributed by atoms with Crippen molar-refractivity contribution in [1.82, 2.24) is 0 Å². The molecule has 0 radical (unpaired) electrons. The van der Waals surface area contributed by atoms with Crippen LogP contribution in [0.3, 0.4) is 0 Å². The SMILES string of the molecule is CCOc1cc(/C=N/Nc2cc(C(F)(F)F)ccc2Cl)ccc1O. The van der Waals surface area contributed by atoms with Crippen LogP contribution in [0.25, 0.3) is 0 Å². The van der Waals surface area contributed by atoms with Gasteiger partial charge in [0.15, 0.2) is 11.5 Å². The molecule has 0 atom stereocenters. The van der Waals surface area contributed by atoms with E-state index in [0.29, 0.717) is 17.9 Å². The van der Waals surface area contributed by atoms with Crippen molar-refractivity contribution in [1.29, 1.82) is 0 Å². The van der Waals surface area contributed by atoms with Crippen LogP contribution in [0.1, 0.15) is 18.1 Å². The molecule has 0 amide bonds. The highest BCUT2D eigenvalue weighted by molar-refractivity contribution is 6.33. The first-order valence-corrected chi connectivity index (χ1v) is 7.30. The number of halogens is 4. The summed E-state index contributed by atoms with van der Waals surface area (Å²) in [7, 11) is 0. The Morgan fingerprint density at radius 1 is 1.25 bits per heavy atom. The van der Waals surface area contributed by atoms with Gasteiger partial charge in [0.1, 0.15) is 0 Å². The van der Waals surface area contributed by atoms with E-state index in [-0.39, 0.29) is 16.5 Å². The maximum atomic E-state index is 12.7. The number of hydrogen-bond acceptors (Lipinski definition) is 4. The summed E-state index contributed by atoms with van der Waals surface area (Å²) in [5.41, 5.74) is 2.27. The molecule has 0 fully saturated rings. The third-order valence-corrected chi connectivity index (χ3v) is 3.31. The van der Waals surface area contributed by atoms with Gasteiger partial charge in [-0.25, -0.2) is 0 Å². The lowest BCUT2D eigenvalue weighted by Gasteiger charge is -2.10. The molecule has 8 heteroatoms. The molecule has 0 heterocycles. The third-order valence-electron chi connectivity index (χ3n) is 2.98. The zero-order valence-corrected chi connectivity index (χ0v) is 13.3. The Labute approximate surface area is 141 Å². The van der Waals surface area contributed by atoms with Crippen LogP contribution < -0.4 is 10.2 Å². The maximum Gasteiger partial charge on any atom is 0.416 e. The van der Waals surface area contributed by atoms with Crippen molar-refractivity contribution >= 4 is 23.5 Å². The minimum absolute atomic E-state index is 0.0112. The lowest BCUT2D eigenvalue weighted by molar-refractivity contribution is -0.137. The van der Waals surface area contributed by atoms with Gasteiger partial charge in [-0.3, -0.25) is 5.43 Å². The first-order valence-electron chi connectivity index (χ1n) is 6.93. The molecule has 0 unspecified atom stereocenters. The fourth-order valence-corrected chi connectivity index (χ4v) is 2.01. The number of phenols is 1. The van der Waals surface area contributed by atoms with E-state index >= 15 is 0 Å². The number of rotatable bonds is 5. The fourth-order valence-electron chi connectivity index (χ4n) is 1.85. The minimum atomic E-state index is -4.46. The summed E-state index contributed by atoms with van der Waals surface area (Å²) in [6.07, 6.45) is -3.09. The molecule has 0 aliphatic rings. The predicted octanol–water partition coefficient (Wildman–Crippen LogP) is 4.91. The van der Waals surface area contributed by atoms with Crippen LogP contribution >= 0.6 is 11.6 Å². The van der Waals surface area contributed by atoms with Gasteiger partial charge in [-0.1, -0.05) is 11.6 Å². The number of hydrogen-bond donors (Lipinski definition) is 2. The fraction of sp³-hybridized carbons (Fsp3) is 0.188. The summed E-state index contributed by atoms with van der Waals surface area (Å²) in [5.74, 6) is 0.279. The molecule has 0 aromatic heterocycles. The number of alkyl halides is 3. The van der Waals surface area contributed by atoms with Gasteiger partial charge in [0.2, 0.25) is 0 Å². The number of phenolic OH excluding ortho intramolecular Hbond substituents is 1. The number of ether oxygens (including phenoxy) is 1. The van der Waals surface area contributed by atoms with Crippen LogP contribution in [0.2, 0.25) is 5.02 Å². The van der Waals surface area contributed by atoms with Crippen LogP contribution in [0, 0.1) is 0 Å². The molecule has 0 aliphatic heterocycles. The van der Waals surface area contributed by atoms with Crippen molar-refractivity contribution in [3.63, 3.8) is 0 Å². The number of hydrazone groups is 1. The molecule has 2 aromatic rings. The Balaban J connectivity index is 2.16. The third kappa shape index (κ3) is 4.55. The number of nitrogens with one attached hydrogen (secondary N) is 1. The minimum Gasteiger partial charge on any atom is -0.504 e. The van der Waals surface area contributed by atoms with E-state index in [1.807, 2.05) is 0 Å². The number of aromatic hydroxyl groups is 1. The van der Waals surface area contributed by atoms with E-state index in [1.165, 1.54) is 12.3 Å². The molecule has 24 heavy (non-hydrogen) atoms. The molecule has 2 rings (SSSR count). The maximum absolute atomic E-state index is 12.7. The summed E-state index contributed by atoms with van der Waals surface area (Å²) in [6.45, 7) is 2.16. The second kappa shape index (κ2) is 7.44. The van der Waals surface area contributed by atoms with Crippen LogP contribution in [0.15, 0.2) is 41.5 Å². The molecule has 128 valence electrons. The van der Waals surface area contributed by atoms with Crippen molar-refractivity contribution in [3.05, 3.63) is 52.5 Å². The molecular weight excluding hydrogens is 345 g/mol. The Kier molecular flexibility index (Phi) is 5.56. The Hall–Kier alpha value is -2.41. The Morgan fingerprint density at radius 3 is 2.67 bits per heavy atom. The lowest BCUT2D eigenvalue weighted by atomic mass is 10.2. The van der Waals surface area contributed by atoms with Gasteiger partial charge in [-0.15, -0.1) is 0 Å².